The van der Waals surface area contributed by atoms with Gasteiger partial charge in [0.2, 0.25) is 0 Å². The molecular formula is C17H31NO2. The largest absolute Gasteiger partial charge is 0.374 e. The van der Waals surface area contributed by atoms with Gasteiger partial charge >= 0.3 is 0 Å². The number of hydrogen-bond acceptors (Lipinski definition) is 3. The molecule has 0 aromatic heterocycles. The first-order chi connectivity index (χ1) is 9.65. The maximum Gasteiger partial charge on any atom is 0.171 e. The minimum Gasteiger partial charge on any atom is -0.374 e. The second kappa shape index (κ2) is 8.48. The third-order valence-corrected chi connectivity index (χ3v) is 3.72. The van der Waals surface area contributed by atoms with Crippen LogP contribution in [0.15, 0.2) is 23.4 Å². The second-order valence-electron chi connectivity index (χ2n) is 5.35. The normalized spacial score (nSPS) is 21.4. The van der Waals surface area contributed by atoms with E-state index in [9.17, 15) is 0 Å². The molecule has 2 aliphatic heterocycles. The van der Waals surface area contributed by atoms with Gasteiger partial charge in [0.05, 0.1) is 13.2 Å². The molecule has 2 fully saturated rings. The molecule has 116 valence electrons. The van der Waals surface area contributed by atoms with E-state index >= 15 is 0 Å². The summed E-state index contributed by atoms with van der Waals surface area (Å²) in [7, 11) is 0. The van der Waals surface area contributed by atoms with Crippen molar-refractivity contribution in [3.05, 3.63) is 23.4 Å². The molecule has 2 saturated heterocycles. The van der Waals surface area contributed by atoms with E-state index in [-0.39, 0.29) is 5.79 Å². The van der Waals surface area contributed by atoms with Gasteiger partial charge in [0.1, 0.15) is 0 Å². The average Bonchev–Trinajstić information content (AvgIpc) is 2.92. The summed E-state index contributed by atoms with van der Waals surface area (Å²) in [6.07, 6.45) is 7.51. The Hall–Kier alpha value is -0.800. The number of nitrogens with zero attached hydrogens (tertiary/aromatic N) is 1. The van der Waals surface area contributed by atoms with E-state index in [1.54, 1.807) is 0 Å². The molecule has 0 bridgehead atoms. The van der Waals surface area contributed by atoms with Gasteiger partial charge < -0.3 is 14.4 Å². The molecule has 0 aliphatic carbocycles. The van der Waals surface area contributed by atoms with E-state index in [1.165, 1.54) is 11.3 Å². The maximum atomic E-state index is 5.76. The Labute approximate surface area is 124 Å². The Balaban J connectivity index is 0.000000956. The first-order valence-electron chi connectivity index (χ1n) is 8.02. The molecule has 3 heteroatoms. The van der Waals surface area contributed by atoms with Crippen LogP contribution in [0.4, 0.5) is 0 Å². The van der Waals surface area contributed by atoms with E-state index in [0.717, 1.165) is 45.6 Å². The number of allylic oxidation sites excluding steroid dienone is 4. The Morgan fingerprint density at radius 3 is 2.05 bits per heavy atom. The standard InChI is InChI=1S/C15H25NO2.C2H6/c1-4-14(6-5-13(2)3)16-9-7-15(8-10-16)17-11-12-18-15;1-2/h5-6H,4,7-12H2,1-3H3;1-2H3/b14-6+;. The fourth-order valence-corrected chi connectivity index (χ4v) is 2.63. The number of likely N-dealkylation sites (tertiary alicyclic amines) is 1. The van der Waals surface area contributed by atoms with Crippen molar-refractivity contribution in [3.63, 3.8) is 0 Å². The van der Waals surface area contributed by atoms with Gasteiger partial charge in [-0.05, 0) is 26.3 Å². The van der Waals surface area contributed by atoms with Gasteiger partial charge in [-0.25, -0.2) is 0 Å². The highest BCUT2D eigenvalue weighted by atomic mass is 16.7. The highest BCUT2D eigenvalue weighted by Crippen LogP contribution is 2.32. The van der Waals surface area contributed by atoms with Crippen molar-refractivity contribution in [1.82, 2.24) is 4.90 Å². The van der Waals surface area contributed by atoms with Gasteiger partial charge in [0.25, 0.3) is 0 Å². The Kier molecular flexibility index (Phi) is 7.31. The van der Waals surface area contributed by atoms with Crippen molar-refractivity contribution >= 4 is 0 Å². The molecule has 20 heavy (non-hydrogen) atoms. The van der Waals surface area contributed by atoms with Crippen LogP contribution in [0.25, 0.3) is 0 Å². The smallest absolute Gasteiger partial charge is 0.171 e. The van der Waals surface area contributed by atoms with Crippen molar-refractivity contribution in [2.24, 2.45) is 0 Å². The summed E-state index contributed by atoms with van der Waals surface area (Å²) >= 11 is 0. The summed E-state index contributed by atoms with van der Waals surface area (Å²) in [5, 5.41) is 0. The monoisotopic (exact) mass is 281 g/mol. The van der Waals surface area contributed by atoms with Crippen LogP contribution in [0.5, 0.6) is 0 Å². The van der Waals surface area contributed by atoms with Gasteiger partial charge in [-0.3, -0.25) is 0 Å². The fourth-order valence-electron chi connectivity index (χ4n) is 2.63. The first-order valence-corrected chi connectivity index (χ1v) is 8.02. The molecule has 0 aromatic rings. The van der Waals surface area contributed by atoms with E-state index in [0.29, 0.717) is 0 Å². The zero-order chi connectivity index (χ0) is 15.0. The number of rotatable bonds is 3. The lowest BCUT2D eigenvalue weighted by molar-refractivity contribution is -0.182. The molecule has 2 aliphatic rings. The van der Waals surface area contributed by atoms with Crippen LogP contribution in [0.2, 0.25) is 0 Å². The summed E-state index contributed by atoms with van der Waals surface area (Å²) in [4.78, 5) is 2.47. The summed E-state index contributed by atoms with van der Waals surface area (Å²) in [5.74, 6) is -0.258. The molecule has 2 heterocycles. The molecule has 0 aromatic carbocycles. The average molecular weight is 281 g/mol. The van der Waals surface area contributed by atoms with Crippen molar-refractivity contribution in [3.8, 4) is 0 Å². The van der Waals surface area contributed by atoms with Crippen molar-refractivity contribution in [2.75, 3.05) is 26.3 Å². The Morgan fingerprint density at radius 1 is 1.05 bits per heavy atom. The first kappa shape index (κ1) is 17.3. The predicted octanol–water partition coefficient (Wildman–Crippen LogP) is 4.11. The summed E-state index contributed by atoms with van der Waals surface area (Å²) in [6.45, 7) is 14.1. The number of piperidine rings is 1. The molecule has 0 unspecified atom stereocenters. The molecule has 1 spiro atoms. The maximum absolute atomic E-state index is 5.76. The molecule has 0 atom stereocenters. The summed E-state index contributed by atoms with van der Waals surface area (Å²) in [5.41, 5.74) is 2.76. The van der Waals surface area contributed by atoms with Gasteiger partial charge in [-0.1, -0.05) is 32.4 Å². The van der Waals surface area contributed by atoms with Crippen molar-refractivity contribution < 1.29 is 9.47 Å². The minimum absolute atomic E-state index is 0.258. The Bertz CT molecular complexity index is 327. The van der Waals surface area contributed by atoms with Crippen LogP contribution < -0.4 is 0 Å². The number of hydrogen-bond donors (Lipinski definition) is 0. The van der Waals surface area contributed by atoms with Crippen LogP contribution in [0.3, 0.4) is 0 Å². The highest BCUT2D eigenvalue weighted by Gasteiger charge is 2.39. The molecule has 0 saturated carbocycles. The van der Waals surface area contributed by atoms with Crippen LogP contribution in [-0.2, 0) is 9.47 Å². The lowest BCUT2D eigenvalue weighted by Gasteiger charge is -2.39. The van der Waals surface area contributed by atoms with Crippen LogP contribution in [-0.4, -0.2) is 37.0 Å². The van der Waals surface area contributed by atoms with E-state index in [4.69, 9.17) is 9.47 Å². The molecule has 0 N–H and O–H groups in total. The van der Waals surface area contributed by atoms with Gasteiger partial charge in [0, 0.05) is 31.6 Å². The topological polar surface area (TPSA) is 21.7 Å². The van der Waals surface area contributed by atoms with E-state index in [1.807, 2.05) is 13.8 Å². The third-order valence-electron chi connectivity index (χ3n) is 3.72. The van der Waals surface area contributed by atoms with Crippen LogP contribution in [0, 0.1) is 0 Å². The molecular weight excluding hydrogens is 250 g/mol. The van der Waals surface area contributed by atoms with Crippen molar-refractivity contribution in [2.45, 2.75) is 59.7 Å². The van der Waals surface area contributed by atoms with E-state index in [2.05, 4.69) is 37.8 Å². The van der Waals surface area contributed by atoms with Gasteiger partial charge in [-0.15, -0.1) is 0 Å². The SMILES string of the molecule is CC.CC/C(=C\C=C(C)C)N1CCC2(CC1)OCCO2. The fraction of sp³-hybridized carbons (Fsp3) is 0.765. The van der Waals surface area contributed by atoms with Crippen LogP contribution in [0.1, 0.15) is 53.9 Å². The predicted molar refractivity (Wildman–Crippen MR) is 84.6 cm³/mol. The Morgan fingerprint density at radius 2 is 1.60 bits per heavy atom. The second-order valence-corrected chi connectivity index (χ2v) is 5.35. The number of ether oxygens (including phenoxy) is 2. The lowest BCUT2D eigenvalue weighted by Crippen LogP contribution is -2.44. The minimum atomic E-state index is -0.258. The molecule has 0 amide bonds. The zero-order valence-corrected chi connectivity index (χ0v) is 13.9. The van der Waals surface area contributed by atoms with Crippen molar-refractivity contribution in [1.29, 1.82) is 0 Å². The van der Waals surface area contributed by atoms with E-state index < -0.39 is 0 Å². The summed E-state index contributed by atoms with van der Waals surface area (Å²) in [6, 6.07) is 0. The summed E-state index contributed by atoms with van der Waals surface area (Å²) < 4.78 is 11.5. The third kappa shape index (κ3) is 4.64. The quantitative estimate of drug-likeness (QED) is 0.727. The van der Waals surface area contributed by atoms with Gasteiger partial charge in [-0.2, -0.15) is 0 Å². The van der Waals surface area contributed by atoms with Crippen LogP contribution >= 0.6 is 0 Å². The lowest BCUT2D eigenvalue weighted by atomic mass is 10.0. The molecule has 0 radical (unpaired) electrons. The zero-order valence-electron chi connectivity index (χ0n) is 13.9. The highest BCUT2D eigenvalue weighted by molar-refractivity contribution is 5.15. The molecule has 2 rings (SSSR count). The van der Waals surface area contributed by atoms with Gasteiger partial charge in [0.15, 0.2) is 5.79 Å². The molecule has 3 nitrogen and oxygen atoms in total.